The fraction of sp³-hybridized carbons (Fsp3) is 0.900. The van der Waals surface area contributed by atoms with Gasteiger partial charge in [0.25, 0.3) is 0 Å². The number of fused-ring (bicyclic) bond motifs is 2. The highest BCUT2D eigenvalue weighted by atomic mass is 35.5. The van der Waals surface area contributed by atoms with Crippen molar-refractivity contribution < 1.29 is 9.53 Å². The van der Waals surface area contributed by atoms with E-state index in [1.807, 2.05) is 0 Å². The summed E-state index contributed by atoms with van der Waals surface area (Å²) in [6, 6.07) is -0.408. The first-order valence-corrected chi connectivity index (χ1v) is 5.35. The molecule has 0 aromatic rings. The van der Waals surface area contributed by atoms with Gasteiger partial charge >= 0.3 is 0 Å². The van der Waals surface area contributed by atoms with Gasteiger partial charge in [0, 0.05) is 12.5 Å². The lowest BCUT2D eigenvalue weighted by Crippen LogP contribution is -2.41. The van der Waals surface area contributed by atoms with Gasteiger partial charge in [0.05, 0.1) is 18.2 Å². The van der Waals surface area contributed by atoms with Crippen molar-refractivity contribution >= 4 is 18.3 Å². The van der Waals surface area contributed by atoms with E-state index in [0.717, 1.165) is 19.4 Å². The Morgan fingerprint density at radius 2 is 2.33 bits per heavy atom. The van der Waals surface area contributed by atoms with Crippen LogP contribution >= 0.6 is 12.4 Å². The second kappa shape index (κ2) is 5.14. The lowest BCUT2D eigenvalue weighted by Gasteiger charge is -2.19. The summed E-state index contributed by atoms with van der Waals surface area (Å²) in [7, 11) is 0. The minimum atomic E-state index is -0.408. The van der Waals surface area contributed by atoms with Gasteiger partial charge in [0.15, 0.2) is 0 Å². The highest BCUT2D eigenvalue weighted by Gasteiger charge is 2.40. The molecule has 5 heteroatoms. The number of carbonyl (C=O) groups is 1. The van der Waals surface area contributed by atoms with Crippen LogP contribution in [0.2, 0.25) is 0 Å². The van der Waals surface area contributed by atoms with Crippen LogP contribution in [0.1, 0.15) is 26.2 Å². The molecule has 3 N–H and O–H groups in total. The zero-order valence-corrected chi connectivity index (χ0v) is 9.76. The van der Waals surface area contributed by atoms with Crippen molar-refractivity contribution in [3.8, 4) is 0 Å². The van der Waals surface area contributed by atoms with Crippen LogP contribution < -0.4 is 11.1 Å². The Morgan fingerprint density at radius 1 is 1.60 bits per heavy atom. The smallest absolute Gasteiger partial charge is 0.236 e. The minimum absolute atomic E-state index is 0. The van der Waals surface area contributed by atoms with Crippen molar-refractivity contribution in [2.75, 3.05) is 6.54 Å². The van der Waals surface area contributed by atoms with Gasteiger partial charge in [-0.05, 0) is 26.2 Å². The van der Waals surface area contributed by atoms with E-state index in [4.69, 9.17) is 10.5 Å². The monoisotopic (exact) mass is 234 g/mol. The third-order valence-corrected chi connectivity index (χ3v) is 3.18. The summed E-state index contributed by atoms with van der Waals surface area (Å²) in [6.07, 6.45) is 4.29. The SMILES string of the molecule is CC(N)C(=O)NC[C@@H]1C[C@@H]2CC[C@H]1O2.Cl. The third kappa shape index (κ3) is 2.83. The molecule has 2 aliphatic heterocycles. The maximum atomic E-state index is 11.2. The summed E-state index contributed by atoms with van der Waals surface area (Å²) >= 11 is 0. The summed E-state index contributed by atoms with van der Waals surface area (Å²) < 4.78 is 5.70. The first-order chi connectivity index (χ1) is 6.66. The highest BCUT2D eigenvalue weighted by molar-refractivity contribution is 5.85. The molecule has 1 unspecified atom stereocenters. The molecule has 0 spiro atoms. The van der Waals surface area contributed by atoms with E-state index in [1.165, 1.54) is 6.42 Å². The summed E-state index contributed by atoms with van der Waals surface area (Å²) in [4.78, 5) is 11.2. The molecule has 0 saturated carbocycles. The van der Waals surface area contributed by atoms with Crippen molar-refractivity contribution in [2.24, 2.45) is 11.7 Å². The molecule has 2 bridgehead atoms. The first-order valence-electron chi connectivity index (χ1n) is 5.35. The molecule has 88 valence electrons. The molecule has 4 nitrogen and oxygen atoms in total. The average molecular weight is 235 g/mol. The van der Waals surface area contributed by atoms with Crippen LogP contribution in [0.5, 0.6) is 0 Å². The number of halogens is 1. The Balaban J connectivity index is 0.00000112. The number of rotatable bonds is 3. The van der Waals surface area contributed by atoms with Gasteiger partial charge in [-0.1, -0.05) is 0 Å². The van der Waals surface area contributed by atoms with Crippen LogP contribution in [0.25, 0.3) is 0 Å². The van der Waals surface area contributed by atoms with Gasteiger partial charge in [-0.3, -0.25) is 4.79 Å². The molecule has 0 aromatic heterocycles. The summed E-state index contributed by atoms with van der Waals surface area (Å²) in [5.41, 5.74) is 5.45. The van der Waals surface area contributed by atoms with Crippen LogP contribution in [-0.2, 0) is 9.53 Å². The van der Waals surface area contributed by atoms with E-state index in [0.29, 0.717) is 18.1 Å². The van der Waals surface area contributed by atoms with Crippen molar-refractivity contribution in [1.82, 2.24) is 5.32 Å². The van der Waals surface area contributed by atoms with E-state index < -0.39 is 6.04 Å². The Kier molecular flexibility index (Phi) is 4.37. The summed E-state index contributed by atoms with van der Waals surface area (Å²) in [5.74, 6) is 0.448. The van der Waals surface area contributed by atoms with Crippen molar-refractivity contribution in [3.63, 3.8) is 0 Å². The van der Waals surface area contributed by atoms with Crippen LogP contribution in [-0.4, -0.2) is 30.7 Å². The van der Waals surface area contributed by atoms with E-state index in [1.54, 1.807) is 6.92 Å². The number of amides is 1. The number of nitrogens with one attached hydrogen (secondary N) is 1. The average Bonchev–Trinajstić information content (AvgIpc) is 2.74. The van der Waals surface area contributed by atoms with E-state index >= 15 is 0 Å². The third-order valence-electron chi connectivity index (χ3n) is 3.18. The molecular formula is C10H19ClN2O2. The molecule has 0 aromatic carbocycles. The standard InChI is InChI=1S/C10H18N2O2.ClH/c1-6(11)10(13)12-5-7-4-8-2-3-9(7)14-8;/h6-9H,2-5,11H2,1H3,(H,12,13);1H/t6?,7-,8-,9+;/m0./s1. The number of carbonyl (C=O) groups excluding carboxylic acids is 1. The van der Waals surface area contributed by atoms with Gasteiger partial charge in [-0.2, -0.15) is 0 Å². The van der Waals surface area contributed by atoms with E-state index in [-0.39, 0.29) is 18.3 Å². The Labute approximate surface area is 96.3 Å². The molecule has 1 amide bonds. The largest absolute Gasteiger partial charge is 0.375 e. The van der Waals surface area contributed by atoms with E-state index in [2.05, 4.69) is 5.32 Å². The number of ether oxygens (including phenoxy) is 1. The van der Waals surface area contributed by atoms with Crippen molar-refractivity contribution in [1.29, 1.82) is 0 Å². The van der Waals surface area contributed by atoms with Gasteiger partial charge in [0.1, 0.15) is 0 Å². The zero-order chi connectivity index (χ0) is 10.1. The quantitative estimate of drug-likeness (QED) is 0.745. The van der Waals surface area contributed by atoms with Gasteiger partial charge in [0.2, 0.25) is 5.91 Å². The predicted molar refractivity (Wildman–Crippen MR) is 59.9 cm³/mol. The fourth-order valence-corrected chi connectivity index (χ4v) is 2.35. The lowest BCUT2D eigenvalue weighted by molar-refractivity contribution is -0.122. The number of hydrogen-bond donors (Lipinski definition) is 2. The lowest BCUT2D eigenvalue weighted by atomic mass is 9.89. The molecule has 2 fully saturated rings. The maximum Gasteiger partial charge on any atom is 0.236 e. The molecule has 4 atom stereocenters. The molecule has 2 heterocycles. The van der Waals surface area contributed by atoms with Crippen molar-refractivity contribution in [3.05, 3.63) is 0 Å². The molecule has 0 radical (unpaired) electrons. The zero-order valence-electron chi connectivity index (χ0n) is 8.94. The van der Waals surface area contributed by atoms with Gasteiger partial charge < -0.3 is 15.8 Å². The second-order valence-electron chi connectivity index (χ2n) is 4.40. The molecule has 2 saturated heterocycles. The highest BCUT2D eigenvalue weighted by Crippen LogP contribution is 2.38. The molecule has 15 heavy (non-hydrogen) atoms. The molecule has 2 rings (SSSR count). The van der Waals surface area contributed by atoms with Crippen molar-refractivity contribution in [2.45, 2.75) is 44.4 Å². The molecule has 2 aliphatic rings. The summed E-state index contributed by atoms with van der Waals surface area (Å²) in [6.45, 7) is 2.42. The van der Waals surface area contributed by atoms with E-state index in [9.17, 15) is 4.79 Å². The van der Waals surface area contributed by atoms with Gasteiger partial charge in [-0.15, -0.1) is 12.4 Å². The minimum Gasteiger partial charge on any atom is -0.375 e. The second-order valence-corrected chi connectivity index (χ2v) is 4.40. The molecule has 0 aliphatic carbocycles. The van der Waals surface area contributed by atoms with Crippen LogP contribution in [0, 0.1) is 5.92 Å². The summed E-state index contributed by atoms with van der Waals surface area (Å²) in [5, 5.41) is 2.86. The van der Waals surface area contributed by atoms with Crippen LogP contribution in [0.4, 0.5) is 0 Å². The Morgan fingerprint density at radius 3 is 2.80 bits per heavy atom. The number of nitrogens with two attached hydrogens (primary N) is 1. The Bertz CT molecular complexity index is 235. The number of hydrogen-bond acceptors (Lipinski definition) is 3. The maximum absolute atomic E-state index is 11.2. The Hall–Kier alpha value is -0.320. The van der Waals surface area contributed by atoms with Gasteiger partial charge in [-0.25, -0.2) is 0 Å². The normalized spacial score (nSPS) is 34.7. The van der Waals surface area contributed by atoms with Crippen LogP contribution in [0.15, 0.2) is 0 Å². The first kappa shape index (κ1) is 12.7. The topological polar surface area (TPSA) is 64.4 Å². The van der Waals surface area contributed by atoms with Crippen LogP contribution in [0.3, 0.4) is 0 Å². The fourth-order valence-electron chi connectivity index (χ4n) is 2.35. The predicted octanol–water partition coefficient (Wildman–Crippen LogP) is 0.439. The molecular weight excluding hydrogens is 216 g/mol.